The Kier molecular flexibility index (Phi) is 4.90. The minimum absolute atomic E-state index is 0.000591. The van der Waals surface area contributed by atoms with Crippen molar-refractivity contribution < 1.29 is 19.0 Å². The van der Waals surface area contributed by atoms with E-state index in [1.54, 1.807) is 0 Å². The second-order valence-corrected chi connectivity index (χ2v) is 4.64. The van der Waals surface area contributed by atoms with Crippen LogP contribution in [0.2, 0.25) is 0 Å². The molecule has 2 aromatic carbocycles. The van der Waals surface area contributed by atoms with Crippen LogP contribution in [0.5, 0.6) is 5.75 Å². The van der Waals surface area contributed by atoms with Crippen molar-refractivity contribution >= 4 is 5.91 Å². The molecule has 0 aliphatic rings. The zero-order valence-electron chi connectivity index (χ0n) is 11.3. The van der Waals surface area contributed by atoms with E-state index in [1.165, 1.54) is 18.2 Å². The van der Waals surface area contributed by atoms with Gasteiger partial charge < -0.3 is 15.6 Å². The Morgan fingerprint density at radius 3 is 2.62 bits per heavy atom. The summed E-state index contributed by atoms with van der Waals surface area (Å²) in [5.41, 5.74) is 5.97. The van der Waals surface area contributed by atoms with Gasteiger partial charge in [-0.05, 0) is 23.8 Å². The highest BCUT2D eigenvalue weighted by Gasteiger charge is 2.16. The number of aliphatic hydroxyl groups is 1. The molecule has 0 saturated heterocycles. The van der Waals surface area contributed by atoms with E-state index in [4.69, 9.17) is 10.5 Å². The Hall–Kier alpha value is -2.40. The summed E-state index contributed by atoms with van der Waals surface area (Å²) in [6, 6.07) is 13.6. The molecule has 0 saturated carbocycles. The first-order valence-corrected chi connectivity index (χ1v) is 6.49. The van der Waals surface area contributed by atoms with Crippen LogP contribution in [0.3, 0.4) is 0 Å². The number of hydrogen-bond acceptors (Lipinski definition) is 3. The number of hydrogen-bond donors (Lipinski definition) is 2. The summed E-state index contributed by atoms with van der Waals surface area (Å²) in [7, 11) is 0. The predicted molar refractivity (Wildman–Crippen MR) is 75.9 cm³/mol. The molecule has 2 rings (SSSR count). The van der Waals surface area contributed by atoms with Crippen LogP contribution in [0.25, 0.3) is 0 Å². The molecule has 4 nitrogen and oxygen atoms in total. The van der Waals surface area contributed by atoms with Gasteiger partial charge in [0.1, 0.15) is 18.2 Å². The molecule has 0 aromatic heterocycles. The number of carbonyl (C=O) groups is 1. The van der Waals surface area contributed by atoms with Gasteiger partial charge in [0.2, 0.25) is 5.91 Å². The van der Waals surface area contributed by atoms with Crippen LogP contribution in [0.15, 0.2) is 48.5 Å². The third kappa shape index (κ3) is 4.29. The Labute approximate surface area is 122 Å². The molecule has 5 heteroatoms. The quantitative estimate of drug-likeness (QED) is 0.857. The number of amides is 1. The summed E-state index contributed by atoms with van der Waals surface area (Å²) in [5.74, 6) is -0.882. The van der Waals surface area contributed by atoms with Crippen molar-refractivity contribution in [1.82, 2.24) is 0 Å². The molecular weight excluding hydrogens is 273 g/mol. The Balaban J connectivity index is 2.09. The lowest BCUT2D eigenvalue weighted by atomic mass is 10.1. The first-order chi connectivity index (χ1) is 10.1. The second-order valence-electron chi connectivity index (χ2n) is 4.64. The van der Waals surface area contributed by atoms with Gasteiger partial charge in [-0.25, -0.2) is 4.39 Å². The first-order valence-electron chi connectivity index (χ1n) is 6.49. The number of benzene rings is 2. The zero-order valence-corrected chi connectivity index (χ0v) is 11.3. The van der Waals surface area contributed by atoms with Crippen molar-refractivity contribution in [3.05, 3.63) is 65.5 Å². The molecule has 21 heavy (non-hydrogen) atoms. The van der Waals surface area contributed by atoms with E-state index < -0.39 is 17.8 Å². The molecule has 1 atom stereocenters. The molecule has 0 aliphatic carbocycles. The monoisotopic (exact) mass is 289 g/mol. The number of carbonyl (C=O) groups excluding carboxylic acids is 1. The molecule has 2 aromatic rings. The lowest BCUT2D eigenvalue weighted by molar-refractivity contribution is -0.119. The van der Waals surface area contributed by atoms with E-state index >= 15 is 0 Å². The van der Waals surface area contributed by atoms with Crippen LogP contribution in [-0.2, 0) is 11.4 Å². The Morgan fingerprint density at radius 2 is 1.95 bits per heavy atom. The van der Waals surface area contributed by atoms with E-state index in [-0.39, 0.29) is 12.0 Å². The van der Waals surface area contributed by atoms with Crippen molar-refractivity contribution in [2.24, 2.45) is 5.73 Å². The van der Waals surface area contributed by atoms with Gasteiger partial charge in [-0.15, -0.1) is 0 Å². The maximum Gasteiger partial charge on any atom is 0.220 e. The Bertz CT molecular complexity index is 616. The maximum absolute atomic E-state index is 13.7. The van der Waals surface area contributed by atoms with Gasteiger partial charge in [0.05, 0.1) is 12.5 Å². The fourth-order valence-corrected chi connectivity index (χ4v) is 1.91. The van der Waals surface area contributed by atoms with Gasteiger partial charge >= 0.3 is 0 Å². The molecule has 0 spiro atoms. The van der Waals surface area contributed by atoms with Crippen molar-refractivity contribution in [2.75, 3.05) is 0 Å². The van der Waals surface area contributed by atoms with Gasteiger partial charge in [0.15, 0.2) is 0 Å². The highest BCUT2D eigenvalue weighted by Crippen LogP contribution is 2.25. The van der Waals surface area contributed by atoms with Crippen LogP contribution in [-0.4, -0.2) is 11.0 Å². The SMILES string of the molecule is NC(=O)CC(O)c1cc(OCc2ccccc2)ccc1F. The van der Waals surface area contributed by atoms with Gasteiger partial charge in [0, 0.05) is 5.56 Å². The van der Waals surface area contributed by atoms with Gasteiger partial charge in [0.25, 0.3) is 0 Å². The molecule has 0 fully saturated rings. The first kappa shape index (κ1) is 15.0. The summed E-state index contributed by atoms with van der Waals surface area (Å²) >= 11 is 0. The standard InChI is InChI=1S/C16H16FNO3/c17-14-7-6-12(8-13(14)15(19)9-16(18)20)21-10-11-4-2-1-3-5-11/h1-8,15,19H,9-10H2,(H2,18,20). The fourth-order valence-electron chi connectivity index (χ4n) is 1.91. The Morgan fingerprint density at radius 1 is 1.24 bits per heavy atom. The third-order valence-electron chi connectivity index (χ3n) is 2.97. The molecule has 0 bridgehead atoms. The molecule has 0 aliphatic heterocycles. The lowest BCUT2D eigenvalue weighted by Crippen LogP contribution is -2.15. The van der Waals surface area contributed by atoms with Crippen molar-refractivity contribution in [1.29, 1.82) is 0 Å². The summed E-state index contributed by atoms with van der Waals surface area (Å²) in [6.07, 6.45) is -1.61. The zero-order chi connectivity index (χ0) is 15.2. The predicted octanol–water partition coefficient (Wildman–Crippen LogP) is 2.31. The number of aliphatic hydroxyl groups excluding tert-OH is 1. The van der Waals surface area contributed by atoms with E-state index in [9.17, 15) is 14.3 Å². The number of halogens is 1. The number of primary amides is 1. The van der Waals surface area contributed by atoms with Crippen LogP contribution >= 0.6 is 0 Å². The highest BCUT2D eigenvalue weighted by molar-refractivity contribution is 5.74. The largest absolute Gasteiger partial charge is 0.489 e. The van der Waals surface area contributed by atoms with E-state index in [2.05, 4.69) is 0 Å². The highest BCUT2D eigenvalue weighted by atomic mass is 19.1. The van der Waals surface area contributed by atoms with Crippen molar-refractivity contribution in [3.8, 4) is 5.75 Å². The number of rotatable bonds is 6. The maximum atomic E-state index is 13.7. The van der Waals surface area contributed by atoms with E-state index in [1.807, 2.05) is 30.3 Å². The van der Waals surface area contributed by atoms with Crippen LogP contribution < -0.4 is 10.5 Å². The number of nitrogens with two attached hydrogens (primary N) is 1. The molecule has 0 radical (unpaired) electrons. The summed E-state index contributed by atoms with van der Waals surface area (Å²) < 4.78 is 19.2. The summed E-state index contributed by atoms with van der Waals surface area (Å²) in [4.78, 5) is 10.8. The van der Waals surface area contributed by atoms with Crippen molar-refractivity contribution in [3.63, 3.8) is 0 Å². The molecule has 0 heterocycles. The van der Waals surface area contributed by atoms with Gasteiger partial charge in [-0.1, -0.05) is 30.3 Å². The molecular formula is C16H16FNO3. The second kappa shape index (κ2) is 6.85. The van der Waals surface area contributed by atoms with E-state index in [0.717, 1.165) is 5.56 Å². The minimum atomic E-state index is -1.28. The van der Waals surface area contributed by atoms with Crippen LogP contribution in [0, 0.1) is 5.82 Å². The smallest absolute Gasteiger partial charge is 0.220 e. The van der Waals surface area contributed by atoms with Crippen LogP contribution in [0.1, 0.15) is 23.7 Å². The topological polar surface area (TPSA) is 72.6 Å². The molecule has 3 N–H and O–H groups in total. The molecule has 1 unspecified atom stereocenters. The average molecular weight is 289 g/mol. The third-order valence-corrected chi connectivity index (χ3v) is 2.97. The molecule has 110 valence electrons. The summed E-state index contributed by atoms with van der Waals surface area (Å²) in [6.45, 7) is 0.331. The summed E-state index contributed by atoms with van der Waals surface area (Å²) in [5, 5.41) is 9.79. The average Bonchev–Trinajstić information content (AvgIpc) is 2.46. The normalized spacial score (nSPS) is 11.9. The fraction of sp³-hybridized carbons (Fsp3) is 0.188. The van der Waals surface area contributed by atoms with Gasteiger partial charge in [-0.2, -0.15) is 0 Å². The number of ether oxygens (including phenoxy) is 1. The van der Waals surface area contributed by atoms with E-state index in [0.29, 0.717) is 12.4 Å². The van der Waals surface area contributed by atoms with Crippen molar-refractivity contribution in [2.45, 2.75) is 19.1 Å². The van der Waals surface area contributed by atoms with Gasteiger partial charge in [-0.3, -0.25) is 4.79 Å². The lowest BCUT2D eigenvalue weighted by Gasteiger charge is -2.13. The van der Waals surface area contributed by atoms with Crippen LogP contribution in [0.4, 0.5) is 4.39 Å². The minimum Gasteiger partial charge on any atom is -0.489 e. The molecule has 1 amide bonds.